The predicted molar refractivity (Wildman–Crippen MR) is 299 cm³/mol. The molecule has 14 rings (SSSR count). The molecule has 1 nitrogen and oxygen atoms in total. The lowest BCUT2D eigenvalue weighted by Gasteiger charge is -2.37. The fourth-order valence-electron chi connectivity index (χ4n) is 13.2. The SMILES string of the molecule is CC1(C)c2cc(-c3ccc4c(c3)c3ccccc3n4-c3ccc4c(c3)C(c3ccccc3)(c3ccccc3)c3ccccc3-4)ccc2-c2ccc(C(c3ccccc3)(c3ccccc3)c3ccccc3)cc21. The number of hydrogen-bond acceptors (Lipinski definition) is 0. The van der Waals surface area contributed by atoms with E-state index in [0.29, 0.717) is 0 Å². The van der Waals surface area contributed by atoms with Crippen molar-refractivity contribution in [2.75, 3.05) is 0 Å². The Morgan fingerprint density at radius 3 is 1.40 bits per heavy atom. The van der Waals surface area contributed by atoms with Gasteiger partial charge in [0.05, 0.1) is 21.9 Å². The molecule has 72 heavy (non-hydrogen) atoms. The molecule has 11 aromatic carbocycles. The maximum atomic E-state index is 2.52. The van der Waals surface area contributed by atoms with Gasteiger partial charge in [0.15, 0.2) is 0 Å². The van der Waals surface area contributed by atoms with Crippen molar-refractivity contribution in [1.82, 2.24) is 4.57 Å². The highest BCUT2D eigenvalue weighted by molar-refractivity contribution is 6.10. The van der Waals surface area contributed by atoms with Crippen molar-refractivity contribution >= 4 is 21.8 Å². The summed E-state index contributed by atoms with van der Waals surface area (Å²) in [4.78, 5) is 0. The average Bonchev–Trinajstić information content (AvgIpc) is 4.02. The summed E-state index contributed by atoms with van der Waals surface area (Å²) in [6, 6.07) is 102. The maximum absolute atomic E-state index is 2.52. The van der Waals surface area contributed by atoms with Crippen LogP contribution in [0.2, 0.25) is 0 Å². The smallest absolute Gasteiger partial charge is 0.0714 e. The molecule has 1 heterocycles. The minimum atomic E-state index is -0.513. The van der Waals surface area contributed by atoms with Crippen LogP contribution in [0.4, 0.5) is 0 Å². The molecule has 0 radical (unpaired) electrons. The number of benzene rings is 11. The van der Waals surface area contributed by atoms with Crippen LogP contribution in [0.3, 0.4) is 0 Å². The molecule has 340 valence electrons. The highest BCUT2D eigenvalue weighted by Crippen LogP contribution is 2.57. The Kier molecular flexibility index (Phi) is 9.44. The quantitative estimate of drug-likeness (QED) is 0.134. The van der Waals surface area contributed by atoms with Gasteiger partial charge in [0.25, 0.3) is 0 Å². The number of rotatable bonds is 8. The zero-order valence-electron chi connectivity index (χ0n) is 40.4. The zero-order valence-corrected chi connectivity index (χ0v) is 40.4. The standard InChI is InChI=1S/C71H51N/c1-69(2)64-45-49(36-40-58(64)59-41-38-55(46-65(59)69)70(50-22-8-3-9-23-50,51-24-10-4-11-25-51)52-26-12-5-13-27-52)48-37-43-68-62(44-48)61-33-19-21-35-67(61)72(68)56-39-42-60-57-32-18-20-34-63(57)71(66(60)47-56,53-28-14-6-15-29-53)54-30-16-7-17-31-54/h3-47H,1-2H3. The normalized spacial score (nSPS) is 13.9. The molecule has 1 heteroatoms. The van der Waals surface area contributed by atoms with Crippen molar-refractivity contribution in [1.29, 1.82) is 0 Å². The second-order valence-electron chi connectivity index (χ2n) is 20.3. The summed E-state index contributed by atoms with van der Waals surface area (Å²) in [7, 11) is 0. The summed E-state index contributed by atoms with van der Waals surface area (Å²) in [5.74, 6) is 0. The highest BCUT2D eigenvalue weighted by Gasteiger charge is 2.46. The monoisotopic (exact) mass is 917 g/mol. The van der Waals surface area contributed by atoms with E-state index in [1.54, 1.807) is 0 Å². The number of hydrogen-bond donors (Lipinski definition) is 0. The van der Waals surface area contributed by atoms with Gasteiger partial charge in [-0.1, -0.05) is 250 Å². The Labute approximate surface area is 422 Å². The third kappa shape index (κ3) is 5.95. The fourth-order valence-corrected chi connectivity index (χ4v) is 13.2. The van der Waals surface area contributed by atoms with Crippen LogP contribution >= 0.6 is 0 Å². The molecule has 0 spiro atoms. The molecule has 0 saturated carbocycles. The predicted octanol–water partition coefficient (Wildman–Crippen LogP) is 17.5. The van der Waals surface area contributed by atoms with Crippen molar-refractivity contribution in [2.45, 2.75) is 30.1 Å². The van der Waals surface area contributed by atoms with E-state index in [4.69, 9.17) is 0 Å². The van der Waals surface area contributed by atoms with Crippen molar-refractivity contribution in [3.8, 4) is 39.1 Å². The second kappa shape index (κ2) is 16.1. The molecule has 0 unspecified atom stereocenters. The Morgan fingerprint density at radius 1 is 0.306 bits per heavy atom. The first-order chi connectivity index (χ1) is 35.5. The molecule has 0 N–H and O–H groups in total. The summed E-state index contributed by atoms with van der Waals surface area (Å²) in [5.41, 5.74) is 22.9. The van der Waals surface area contributed by atoms with E-state index in [2.05, 4.69) is 291 Å². The van der Waals surface area contributed by atoms with Crippen molar-refractivity contribution in [3.63, 3.8) is 0 Å². The van der Waals surface area contributed by atoms with Gasteiger partial charge in [-0.3, -0.25) is 0 Å². The van der Waals surface area contributed by atoms with E-state index in [0.717, 1.165) is 5.69 Å². The number of nitrogens with zero attached hydrogens (tertiary/aromatic N) is 1. The van der Waals surface area contributed by atoms with Gasteiger partial charge < -0.3 is 4.57 Å². The Bertz CT molecular complexity index is 3900. The van der Waals surface area contributed by atoms with Crippen LogP contribution in [-0.4, -0.2) is 4.57 Å². The summed E-state index contributed by atoms with van der Waals surface area (Å²) >= 11 is 0. The first-order valence-corrected chi connectivity index (χ1v) is 25.3. The molecular formula is C71H51N. The van der Waals surface area contributed by atoms with Crippen LogP contribution in [-0.2, 0) is 16.2 Å². The van der Waals surface area contributed by atoms with Gasteiger partial charge in [0.2, 0.25) is 0 Å². The number of aromatic nitrogens is 1. The molecule has 0 atom stereocenters. The van der Waals surface area contributed by atoms with E-state index in [9.17, 15) is 0 Å². The third-order valence-corrected chi connectivity index (χ3v) is 16.4. The highest BCUT2D eigenvalue weighted by atomic mass is 15.0. The summed E-state index contributed by atoms with van der Waals surface area (Å²) in [6.07, 6.45) is 0. The average molecular weight is 918 g/mol. The molecule has 2 aliphatic carbocycles. The first kappa shape index (κ1) is 42.1. The van der Waals surface area contributed by atoms with Gasteiger partial charge in [0.1, 0.15) is 0 Å². The molecular weight excluding hydrogens is 867 g/mol. The molecule has 1 aromatic heterocycles. The number of fused-ring (bicyclic) bond motifs is 9. The van der Waals surface area contributed by atoms with E-state index in [1.807, 2.05) is 0 Å². The van der Waals surface area contributed by atoms with Gasteiger partial charge in [-0.15, -0.1) is 0 Å². The largest absolute Gasteiger partial charge is 0.309 e. The van der Waals surface area contributed by atoms with Gasteiger partial charge in [0, 0.05) is 21.9 Å². The van der Waals surface area contributed by atoms with Gasteiger partial charge in [-0.2, -0.15) is 0 Å². The molecule has 0 fully saturated rings. The zero-order chi connectivity index (χ0) is 48.0. The fraction of sp³-hybridized carbons (Fsp3) is 0.0704. The molecule has 0 aliphatic heterocycles. The minimum Gasteiger partial charge on any atom is -0.309 e. The van der Waals surface area contributed by atoms with E-state index >= 15 is 0 Å². The summed E-state index contributed by atoms with van der Waals surface area (Å²) in [5, 5.41) is 2.49. The van der Waals surface area contributed by atoms with Crippen molar-refractivity contribution < 1.29 is 0 Å². The van der Waals surface area contributed by atoms with Crippen LogP contribution in [0.25, 0.3) is 60.9 Å². The molecule has 0 amide bonds. The van der Waals surface area contributed by atoms with Crippen LogP contribution in [0.15, 0.2) is 273 Å². The van der Waals surface area contributed by atoms with Crippen molar-refractivity contribution in [3.05, 3.63) is 329 Å². The lowest BCUT2D eigenvalue weighted by Crippen LogP contribution is -2.31. The lowest BCUT2D eigenvalue weighted by atomic mass is 9.64. The van der Waals surface area contributed by atoms with Crippen LogP contribution < -0.4 is 0 Å². The molecule has 0 bridgehead atoms. The molecule has 2 aliphatic rings. The summed E-state index contributed by atoms with van der Waals surface area (Å²) in [6.45, 7) is 4.83. The first-order valence-electron chi connectivity index (χ1n) is 25.3. The number of para-hydroxylation sites is 1. The van der Waals surface area contributed by atoms with E-state index < -0.39 is 10.8 Å². The van der Waals surface area contributed by atoms with Gasteiger partial charge in [-0.25, -0.2) is 0 Å². The Balaban J connectivity index is 0.895. The van der Waals surface area contributed by atoms with Crippen LogP contribution in [0, 0.1) is 0 Å². The topological polar surface area (TPSA) is 4.93 Å². The maximum Gasteiger partial charge on any atom is 0.0714 e. The van der Waals surface area contributed by atoms with Crippen LogP contribution in [0.5, 0.6) is 0 Å². The van der Waals surface area contributed by atoms with Gasteiger partial charge >= 0.3 is 0 Å². The van der Waals surface area contributed by atoms with E-state index in [1.165, 1.54) is 111 Å². The lowest BCUT2D eigenvalue weighted by molar-refractivity contribution is 0.655. The van der Waals surface area contributed by atoms with Gasteiger partial charge in [-0.05, 0) is 125 Å². The third-order valence-electron chi connectivity index (χ3n) is 16.4. The molecule has 0 saturated heterocycles. The van der Waals surface area contributed by atoms with Crippen LogP contribution in [0.1, 0.15) is 69.5 Å². The van der Waals surface area contributed by atoms with E-state index in [-0.39, 0.29) is 5.41 Å². The Morgan fingerprint density at radius 2 is 0.764 bits per heavy atom. The summed E-state index contributed by atoms with van der Waals surface area (Å²) < 4.78 is 2.48. The second-order valence-corrected chi connectivity index (χ2v) is 20.3. The molecule has 12 aromatic rings. The minimum absolute atomic E-state index is 0.242. The van der Waals surface area contributed by atoms with Crippen molar-refractivity contribution in [2.24, 2.45) is 0 Å². The Hall–Kier alpha value is -8.78.